The van der Waals surface area contributed by atoms with Crippen LogP contribution >= 0.6 is 0 Å². The fraction of sp³-hybridized carbons (Fsp3) is 0.407. The number of amides is 1. The van der Waals surface area contributed by atoms with Crippen LogP contribution in [-0.4, -0.2) is 68.6 Å². The Labute approximate surface area is 201 Å². The van der Waals surface area contributed by atoms with Crippen LogP contribution in [0.25, 0.3) is 5.70 Å². The molecule has 2 aromatic carbocycles. The van der Waals surface area contributed by atoms with E-state index in [1.807, 2.05) is 12.1 Å². The Kier molecular flexibility index (Phi) is 7.34. The Bertz CT molecular complexity index is 1090. The SMILES string of the molecule is COc1ccc2c(c1)C(=CC(=O)c1cccc(C(=O)NCCN3CCOCC3)c1)NC(C)(C)C2. The predicted octanol–water partition coefficient (Wildman–Crippen LogP) is 2.91. The summed E-state index contributed by atoms with van der Waals surface area (Å²) in [5.74, 6) is 0.411. The van der Waals surface area contributed by atoms with Crippen molar-refractivity contribution >= 4 is 17.4 Å². The average molecular weight is 464 g/mol. The summed E-state index contributed by atoms with van der Waals surface area (Å²) in [6.07, 6.45) is 2.46. The molecule has 0 atom stereocenters. The van der Waals surface area contributed by atoms with Crippen molar-refractivity contribution < 1.29 is 19.1 Å². The largest absolute Gasteiger partial charge is 0.497 e. The standard InChI is InChI=1S/C27H33N3O4/c1-27(2)18-21-7-8-22(33-3)16-23(21)24(29-27)17-25(31)19-5-4-6-20(15-19)26(32)28-9-10-30-11-13-34-14-12-30/h4-8,15-17,29H,9-14,18H2,1-3H3,(H,28,32). The first-order valence-corrected chi connectivity index (χ1v) is 11.7. The lowest BCUT2D eigenvalue weighted by molar-refractivity contribution is 0.0383. The number of hydrogen-bond acceptors (Lipinski definition) is 6. The Hall–Kier alpha value is -3.16. The van der Waals surface area contributed by atoms with Crippen LogP contribution in [0.3, 0.4) is 0 Å². The summed E-state index contributed by atoms with van der Waals surface area (Å²) in [6.45, 7) is 8.79. The fourth-order valence-corrected chi connectivity index (χ4v) is 4.44. The van der Waals surface area contributed by atoms with Crippen molar-refractivity contribution in [3.63, 3.8) is 0 Å². The molecule has 0 spiro atoms. The number of carbonyl (C=O) groups excluding carboxylic acids is 2. The van der Waals surface area contributed by atoms with Gasteiger partial charge in [0.1, 0.15) is 5.75 Å². The van der Waals surface area contributed by atoms with Crippen LogP contribution < -0.4 is 15.4 Å². The van der Waals surface area contributed by atoms with Gasteiger partial charge in [0.2, 0.25) is 0 Å². The van der Waals surface area contributed by atoms with Gasteiger partial charge in [-0.15, -0.1) is 0 Å². The quantitative estimate of drug-likeness (QED) is 0.486. The zero-order chi connectivity index (χ0) is 24.1. The van der Waals surface area contributed by atoms with Crippen molar-refractivity contribution in [2.45, 2.75) is 25.8 Å². The molecule has 2 N–H and O–H groups in total. The van der Waals surface area contributed by atoms with Gasteiger partial charge in [-0.1, -0.05) is 18.2 Å². The predicted molar refractivity (Wildman–Crippen MR) is 132 cm³/mol. The van der Waals surface area contributed by atoms with Gasteiger partial charge >= 0.3 is 0 Å². The van der Waals surface area contributed by atoms with Gasteiger partial charge in [-0.2, -0.15) is 0 Å². The number of rotatable bonds is 7. The Balaban J connectivity index is 1.48. The van der Waals surface area contributed by atoms with Crippen LogP contribution in [0.5, 0.6) is 5.75 Å². The van der Waals surface area contributed by atoms with Crippen molar-refractivity contribution in [2.75, 3.05) is 46.5 Å². The Morgan fingerprint density at radius 3 is 2.68 bits per heavy atom. The van der Waals surface area contributed by atoms with E-state index in [0.717, 1.165) is 61.8 Å². The minimum Gasteiger partial charge on any atom is -0.497 e. The summed E-state index contributed by atoms with van der Waals surface area (Å²) in [4.78, 5) is 28.1. The van der Waals surface area contributed by atoms with Crippen molar-refractivity contribution in [2.24, 2.45) is 0 Å². The Morgan fingerprint density at radius 2 is 1.91 bits per heavy atom. The van der Waals surface area contributed by atoms with E-state index in [0.29, 0.717) is 17.7 Å². The van der Waals surface area contributed by atoms with Crippen LogP contribution in [0.2, 0.25) is 0 Å². The van der Waals surface area contributed by atoms with Crippen LogP contribution in [0, 0.1) is 0 Å². The van der Waals surface area contributed by atoms with Crippen LogP contribution in [0.4, 0.5) is 0 Å². The molecule has 0 aromatic heterocycles. The lowest BCUT2D eigenvalue weighted by Gasteiger charge is -2.35. The molecule has 34 heavy (non-hydrogen) atoms. The Morgan fingerprint density at radius 1 is 1.15 bits per heavy atom. The number of morpholine rings is 1. The number of ketones is 1. The summed E-state index contributed by atoms with van der Waals surface area (Å²) >= 11 is 0. The summed E-state index contributed by atoms with van der Waals surface area (Å²) in [5, 5.41) is 6.45. The van der Waals surface area contributed by atoms with Gasteiger partial charge in [0.25, 0.3) is 5.91 Å². The van der Waals surface area contributed by atoms with Gasteiger partial charge in [-0.3, -0.25) is 14.5 Å². The first kappa shape index (κ1) is 24.0. The van der Waals surface area contributed by atoms with Crippen molar-refractivity contribution in [3.8, 4) is 5.75 Å². The third-order valence-electron chi connectivity index (χ3n) is 6.21. The fourth-order valence-electron chi connectivity index (χ4n) is 4.44. The minimum atomic E-state index is -0.185. The topological polar surface area (TPSA) is 79.9 Å². The van der Waals surface area contributed by atoms with Gasteiger partial charge in [0.05, 0.1) is 20.3 Å². The highest BCUT2D eigenvalue weighted by Gasteiger charge is 2.28. The van der Waals surface area contributed by atoms with E-state index in [-0.39, 0.29) is 17.2 Å². The normalized spacial score (nSPS) is 18.6. The van der Waals surface area contributed by atoms with Crippen molar-refractivity contribution in [1.82, 2.24) is 15.5 Å². The van der Waals surface area contributed by atoms with E-state index in [1.54, 1.807) is 37.5 Å². The van der Waals surface area contributed by atoms with E-state index in [2.05, 4.69) is 35.4 Å². The molecule has 0 bridgehead atoms. The molecule has 2 heterocycles. The van der Waals surface area contributed by atoms with Gasteiger partial charge in [-0.25, -0.2) is 0 Å². The highest BCUT2D eigenvalue weighted by atomic mass is 16.5. The number of fused-ring (bicyclic) bond motifs is 1. The van der Waals surface area contributed by atoms with Crippen molar-refractivity contribution in [3.05, 3.63) is 70.8 Å². The van der Waals surface area contributed by atoms with Gasteiger partial charge in [0, 0.05) is 60.2 Å². The monoisotopic (exact) mass is 463 g/mol. The molecule has 1 fully saturated rings. The molecular weight excluding hydrogens is 430 g/mol. The third-order valence-corrected chi connectivity index (χ3v) is 6.21. The number of methoxy groups -OCH3 is 1. The molecule has 7 heteroatoms. The lowest BCUT2D eigenvalue weighted by Crippen LogP contribution is -2.43. The first-order chi connectivity index (χ1) is 16.3. The van der Waals surface area contributed by atoms with Gasteiger partial charge < -0.3 is 20.1 Å². The second-order valence-corrected chi connectivity index (χ2v) is 9.42. The molecule has 0 aliphatic carbocycles. The zero-order valence-electron chi connectivity index (χ0n) is 20.1. The number of nitrogens with zero attached hydrogens (tertiary/aromatic N) is 1. The van der Waals surface area contributed by atoms with E-state index >= 15 is 0 Å². The molecule has 0 unspecified atom stereocenters. The van der Waals surface area contributed by atoms with E-state index in [1.165, 1.54) is 0 Å². The number of ether oxygens (including phenoxy) is 2. The molecule has 2 aliphatic heterocycles. The number of carbonyl (C=O) groups is 2. The molecule has 4 rings (SSSR count). The van der Waals surface area contributed by atoms with Crippen LogP contribution in [0.15, 0.2) is 48.5 Å². The maximum atomic E-state index is 13.2. The minimum absolute atomic E-state index is 0.156. The molecule has 0 saturated carbocycles. The number of nitrogens with one attached hydrogen (secondary N) is 2. The highest BCUT2D eigenvalue weighted by molar-refractivity contribution is 6.10. The maximum Gasteiger partial charge on any atom is 0.251 e. The van der Waals surface area contributed by atoms with Crippen molar-refractivity contribution in [1.29, 1.82) is 0 Å². The molecule has 2 aromatic rings. The number of allylic oxidation sites excluding steroid dienone is 1. The van der Waals surface area contributed by atoms with Crippen LogP contribution in [0.1, 0.15) is 45.7 Å². The van der Waals surface area contributed by atoms with E-state index < -0.39 is 0 Å². The molecule has 7 nitrogen and oxygen atoms in total. The zero-order valence-corrected chi connectivity index (χ0v) is 20.1. The summed E-state index contributed by atoms with van der Waals surface area (Å²) in [6, 6.07) is 12.8. The highest BCUT2D eigenvalue weighted by Crippen LogP contribution is 2.32. The van der Waals surface area contributed by atoms with Crippen LogP contribution in [-0.2, 0) is 11.2 Å². The van der Waals surface area contributed by atoms with Gasteiger partial charge in [-0.05, 0) is 50.1 Å². The molecule has 2 aliphatic rings. The van der Waals surface area contributed by atoms with Gasteiger partial charge in [0.15, 0.2) is 5.78 Å². The molecule has 0 radical (unpaired) electrons. The second kappa shape index (κ2) is 10.4. The van der Waals surface area contributed by atoms with E-state index in [4.69, 9.17) is 9.47 Å². The molecule has 180 valence electrons. The van der Waals surface area contributed by atoms with E-state index in [9.17, 15) is 9.59 Å². The smallest absolute Gasteiger partial charge is 0.251 e. The molecule has 1 saturated heterocycles. The molecular formula is C27H33N3O4. The summed E-state index contributed by atoms with van der Waals surface area (Å²) in [7, 11) is 1.63. The number of hydrogen-bond donors (Lipinski definition) is 2. The summed E-state index contributed by atoms with van der Waals surface area (Å²) in [5.41, 5.74) is 3.65. The summed E-state index contributed by atoms with van der Waals surface area (Å²) < 4.78 is 10.7. The maximum absolute atomic E-state index is 13.2. The second-order valence-electron chi connectivity index (χ2n) is 9.42. The molecule has 1 amide bonds. The third kappa shape index (κ3) is 5.85. The first-order valence-electron chi connectivity index (χ1n) is 11.7. The number of benzene rings is 2. The lowest BCUT2D eigenvalue weighted by atomic mass is 9.85. The average Bonchev–Trinajstić information content (AvgIpc) is 2.84.